The minimum Gasteiger partial charge on any atom is -0.324 e. The molecule has 0 saturated carbocycles. The second-order valence-corrected chi connectivity index (χ2v) is 4.55. The summed E-state index contributed by atoms with van der Waals surface area (Å²) in [6, 6.07) is 6.69. The molecule has 0 unspecified atom stereocenters. The maximum atomic E-state index is 12.8. The SMILES string of the molecule is CC(C)(N)CNCCc1cccc(F)c1. The van der Waals surface area contributed by atoms with E-state index in [-0.39, 0.29) is 11.4 Å². The smallest absolute Gasteiger partial charge is 0.123 e. The van der Waals surface area contributed by atoms with Crippen LogP contribution in [0.4, 0.5) is 4.39 Å². The predicted molar refractivity (Wildman–Crippen MR) is 61.2 cm³/mol. The molecule has 0 aliphatic rings. The molecule has 15 heavy (non-hydrogen) atoms. The number of rotatable bonds is 5. The zero-order valence-corrected chi connectivity index (χ0v) is 9.39. The third-order valence-corrected chi connectivity index (χ3v) is 2.06. The van der Waals surface area contributed by atoms with Gasteiger partial charge in [0.1, 0.15) is 5.82 Å². The lowest BCUT2D eigenvalue weighted by Crippen LogP contribution is -2.43. The van der Waals surface area contributed by atoms with Crippen LogP contribution in [0.15, 0.2) is 24.3 Å². The fourth-order valence-corrected chi connectivity index (χ4v) is 1.34. The van der Waals surface area contributed by atoms with Crippen LogP contribution in [-0.2, 0) is 6.42 Å². The molecular formula is C12H19FN2. The Labute approximate surface area is 90.7 Å². The number of hydrogen-bond acceptors (Lipinski definition) is 2. The monoisotopic (exact) mass is 210 g/mol. The van der Waals surface area contributed by atoms with E-state index in [0.29, 0.717) is 0 Å². The van der Waals surface area contributed by atoms with Crippen LogP contribution in [0.25, 0.3) is 0 Å². The summed E-state index contributed by atoms with van der Waals surface area (Å²) in [6.07, 6.45) is 0.827. The second-order valence-electron chi connectivity index (χ2n) is 4.55. The van der Waals surface area contributed by atoms with Gasteiger partial charge in [-0.3, -0.25) is 0 Å². The second kappa shape index (κ2) is 5.24. The summed E-state index contributed by atoms with van der Waals surface area (Å²) in [4.78, 5) is 0. The standard InChI is InChI=1S/C12H19FN2/c1-12(2,14)9-15-7-6-10-4-3-5-11(13)8-10/h3-5,8,15H,6-7,9,14H2,1-2H3. The van der Waals surface area contributed by atoms with Crippen LogP contribution in [0, 0.1) is 5.82 Å². The molecule has 0 aliphatic carbocycles. The molecular weight excluding hydrogens is 191 g/mol. The van der Waals surface area contributed by atoms with E-state index in [0.717, 1.165) is 25.1 Å². The number of halogens is 1. The molecule has 0 bridgehead atoms. The first-order valence-electron chi connectivity index (χ1n) is 5.21. The lowest BCUT2D eigenvalue weighted by atomic mass is 10.1. The van der Waals surface area contributed by atoms with Crippen molar-refractivity contribution in [2.24, 2.45) is 5.73 Å². The number of nitrogens with two attached hydrogens (primary N) is 1. The Bertz CT molecular complexity index is 305. The van der Waals surface area contributed by atoms with Gasteiger partial charge in [-0.15, -0.1) is 0 Å². The van der Waals surface area contributed by atoms with E-state index in [1.807, 2.05) is 19.9 Å². The Hall–Kier alpha value is -0.930. The first kappa shape index (κ1) is 12.1. The van der Waals surface area contributed by atoms with Crippen LogP contribution in [0.3, 0.4) is 0 Å². The van der Waals surface area contributed by atoms with Crippen LogP contribution in [0.2, 0.25) is 0 Å². The Morgan fingerprint density at radius 2 is 2.13 bits per heavy atom. The molecule has 0 radical (unpaired) electrons. The lowest BCUT2D eigenvalue weighted by Gasteiger charge is -2.18. The average molecular weight is 210 g/mol. The highest BCUT2D eigenvalue weighted by Crippen LogP contribution is 2.03. The molecule has 0 heterocycles. The minimum absolute atomic E-state index is 0.174. The van der Waals surface area contributed by atoms with E-state index in [4.69, 9.17) is 5.73 Å². The van der Waals surface area contributed by atoms with Gasteiger partial charge in [-0.25, -0.2) is 4.39 Å². The van der Waals surface area contributed by atoms with Gasteiger partial charge in [0, 0.05) is 12.1 Å². The summed E-state index contributed by atoms with van der Waals surface area (Å²) in [5, 5.41) is 3.25. The van der Waals surface area contributed by atoms with Crippen molar-refractivity contribution in [2.45, 2.75) is 25.8 Å². The molecule has 0 aromatic heterocycles. The minimum atomic E-state index is -0.193. The Balaban J connectivity index is 2.26. The van der Waals surface area contributed by atoms with E-state index < -0.39 is 0 Å². The van der Waals surface area contributed by atoms with Gasteiger partial charge >= 0.3 is 0 Å². The normalized spacial score (nSPS) is 11.7. The van der Waals surface area contributed by atoms with E-state index in [1.165, 1.54) is 6.07 Å². The van der Waals surface area contributed by atoms with Gasteiger partial charge in [-0.1, -0.05) is 12.1 Å². The zero-order chi connectivity index (χ0) is 11.3. The molecule has 0 amide bonds. The van der Waals surface area contributed by atoms with E-state index in [9.17, 15) is 4.39 Å². The molecule has 0 fully saturated rings. The van der Waals surface area contributed by atoms with Crippen molar-refractivity contribution in [3.63, 3.8) is 0 Å². The van der Waals surface area contributed by atoms with E-state index in [1.54, 1.807) is 12.1 Å². The number of benzene rings is 1. The quantitative estimate of drug-likeness (QED) is 0.726. The zero-order valence-electron chi connectivity index (χ0n) is 9.39. The fourth-order valence-electron chi connectivity index (χ4n) is 1.34. The van der Waals surface area contributed by atoms with Gasteiger partial charge in [-0.2, -0.15) is 0 Å². The van der Waals surface area contributed by atoms with Crippen molar-refractivity contribution in [3.05, 3.63) is 35.6 Å². The molecule has 0 spiro atoms. The highest BCUT2D eigenvalue weighted by atomic mass is 19.1. The van der Waals surface area contributed by atoms with Gasteiger partial charge in [-0.05, 0) is 44.5 Å². The molecule has 0 saturated heterocycles. The summed E-state index contributed by atoms with van der Waals surface area (Å²) in [5.41, 5.74) is 6.64. The molecule has 3 N–H and O–H groups in total. The largest absolute Gasteiger partial charge is 0.324 e. The van der Waals surface area contributed by atoms with Gasteiger partial charge in [0.2, 0.25) is 0 Å². The van der Waals surface area contributed by atoms with Crippen LogP contribution < -0.4 is 11.1 Å². The Kier molecular flexibility index (Phi) is 4.24. The van der Waals surface area contributed by atoms with Crippen molar-refractivity contribution in [1.29, 1.82) is 0 Å². The number of hydrogen-bond donors (Lipinski definition) is 2. The van der Waals surface area contributed by atoms with Gasteiger partial charge < -0.3 is 11.1 Å². The summed E-state index contributed by atoms with van der Waals surface area (Å²) in [5.74, 6) is -0.174. The van der Waals surface area contributed by atoms with Crippen molar-refractivity contribution < 1.29 is 4.39 Å². The summed E-state index contributed by atoms with van der Waals surface area (Å²) >= 11 is 0. The predicted octanol–water partition coefficient (Wildman–Crippen LogP) is 1.70. The van der Waals surface area contributed by atoms with Gasteiger partial charge in [0.05, 0.1) is 0 Å². The fraction of sp³-hybridized carbons (Fsp3) is 0.500. The van der Waals surface area contributed by atoms with Crippen LogP contribution in [0.5, 0.6) is 0 Å². The van der Waals surface area contributed by atoms with Gasteiger partial charge in [0.15, 0.2) is 0 Å². The first-order valence-corrected chi connectivity index (χ1v) is 5.21. The molecule has 2 nitrogen and oxygen atoms in total. The highest BCUT2D eigenvalue weighted by Gasteiger charge is 2.08. The lowest BCUT2D eigenvalue weighted by molar-refractivity contribution is 0.469. The van der Waals surface area contributed by atoms with E-state index in [2.05, 4.69) is 5.32 Å². The van der Waals surface area contributed by atoms with Crippen LogP contribution >= 0.6 is 0 Å². The molecule has 0 atom stereocenters. The Morgan fingerprint density at radius 3 is 2.73 bits per heavy atom. The highest BCUT2D eigenvalue weighted by molar-refractivity contribution is 5.16. The van der Waals surface area contributed by atoms with Crippen LogP contribution in [-0.4, -0.2) is 18.6 Å². The molecule has 84 valence electrons. The third kappa shape index (κ3) is 5.50. The molecule has 0 aliphatic heterocycles. The van der Waals surface area contributed by atoms with E-state index >= 15 is 0 Å². The van der Waals surface area contributed by atoms with Gasteiger partial charge in [0.25, 0.3) is 0 Å². The molecule has 1 rings (SSSR count). The molecule has 1 aromatic rings. The summed E-state index contributed by atoms with van der Waals surface area (Å²) in [7, 11) is 0. The molecule has 1 aromatic carbocycles. The maximum Gasteiger partial charge on any atom is 0.123 e. The van der Waals surface area contributed by atoms with Crippen molar-refractivity contribution in [3.8, 4) is 0 Å². The summed E-state index contributed by atoms with van der Waals surface area (Å²) in [6.45, 7) is 5.54. The van der Waals surface area contributed by atoms with Crippen LogP contribution in [0.1, 0.15) is 19.4 Å². The van der Waals surface area contributed by atoms with Crippen molar-refractivity contribution in [2.75, 3.05) is 13.1 Å². The van der Waals surface area contributed by atoms with Crippen molar-refractivity contribution in [1.82, 2.24) is 5.32 Å². The third-order valence-electron chi connectivity index (χ3n) is 2.06. The maximum absolute atomic E-state index is 12.8. The topological polar surface area (TPSA) is 38.0 Å². The first-order chi connectivity index (χ1) is 6.97. The molecule has 3 heteroatoms. The Morgan fingerprint density at radius 1 is 1.40 bits per heavy atom. The number of nitrogens with one attached hydrogen (secondary N) is 1. The summed E-state index contributed by atoms with van der Waals surface area (Å²) < 4.78 is 12.8. The average Bonchev–Trinajstić information content (AvgIpc) is 2.11. The van der Waals surface area contributed by atoms with Crippen molar-refractivity contribution >= 4 is 0 Å².